The van der Waals surface area contributed by atoms with Gasteiger partial charge in [-0.3, -0.25) is 4.79 Å². The molecule has 0 unspecified atom stereocenters. The molecular formula is C24H18FN3O4S2. The Hall–Kier alpha value is -3.76. The number of ether oxygens (including phenoxy) is 2. The number of thiazole rings is 1. The van der Waals surface area contributed by atoms with E-state index in [4.69, 9.17) is 9.47 Å². The van der Waals surface area contributed by atoms with Crippen molar-refractivity contribution in [2.24, 2.45) is 5.10 Å². The molecule has 0 atom stereocenters. The molecule has 7 nitrogen and oxygen atoms in total. The number of amides is 1. The Labute approximate surface area is 202 Å². The maximum absolute atomic E-state index is 13.3. The fourth-order valence-electron chi connectivity index (χ4n) is 2.87. The van der Waals surface area contributed by atoms with Gasteiger partial charge in [0.05, 0.1) is 34.9 Å². The normalized spacial score (nSPS) is 11.0. The average Bonchev–Trinajstić information content (AvgIpc) is 3.26. The second kappa shape index (κ2) is 10.9. The number of thioether (sulfide) groups is 1. The Bertz CT molecular complexity index is 1340. The number of carbonyl (C=O) groups is 2. The first-order valence-corrected chi connectivity index (χ1v) is 11.8. The molecule has 4 rings (SSSR count). The molecule has 0 saturated heterocycles. The number of hydrogen-bond donors (Lipinski definition) is 1. The number of hydrazone groups is 1. The molecule has 0 saturated carbocycles. The SMILES string of the molecule is COc1cc(/C=N\NC(=O)CSc2nc3ccccc3s2)ccc1OC(=O)c1cccc(F)c1. The van der Waals surface area contributed by atoms with Gasteiger partial charge in [-0.2, -0.15) is 5.10 Å². The molecule has 0 radical (unpaired) electrons. The molecule has 1 amide bonds. The van der Waals surface area contributed by atoms with E-state index in [-0.39, 0.29) is 28.7 Å². The highest BCUT2D eigenvalue weighted by molar-refractivity contribution is 8.01. The van der Waals surface area contributed by atoms with Crippen LogP contribution in [0.25, 0.3) is 10.2 Å². The predicted molar refractivity (Wildman–Crippen MR) is 130 cm³/mol. The summed E-state index contributed by atoms with van der Waals surface area (Å²) in [6, 6.07) is 17.8. The Kier molecular flexibility index (Phi) is 7.51. The van der Waals surface area contributed by atoms with Gasteiger partial charge in [-0.15, -0.1) is 11.3 Å². The number of carbonyl (C=O) groups excluding carboxylic acids is 2. The van der Waals surface area contributed by atoms with E-state index in [0.717, 1.165) is 20.6 Å². The Balaban J connectivity index is 1.32. The van der Waals surface area contributed by atoms with Gasteiger partial charge in [-0.1, -0.05) is 30.0 Å². The molecule has 0 aliphatic heterocycles. The van der Waals surface area contributed by atoms with Gasteiger partial charge in [0.2, 0.25) is 0 Å². The van der Waals surface area contributed by atoms with Gasteiger partial charge in [-0.05, 0) is 54.1 Å². The number of nitrogens with zero attached hydrogens (tertiary/aromatic N) is 2. The second-order valence-corrected chi connectivity index (χ2v) is 9.09. The summed E-state index contributed by atoms with van der Waals surface area (Å²) in [4.78, 5) is 28.8. The van der Waals surface area contributed by atoms with E-state index in [9.17, 15) is 14.0 Å². The van der Waals surface area contributed by atoms with Crippen LogP contribution in [0.3, 0.4) is 0 Å². The molecule has 0 fully saturated rings. The number of rotatable bonds is 8. The van der Waals surface area contributed by atoms with E-state index < -0.39 is 11.8 Å². The van der Waals surface area contributed by atoms with Crippen LogP contribution in [0.2, 0.25) is 0 Å². The Morgan fingerprint density at radius 2 is 1.97 bits per heavy atom. The van der Waals surface area contributed by atoms with Gasteiger partial charge in [-0.25, -0.2) is 19.6 Å². The number of aromatic nitrogens is 1. The fourth-order valence-corrected chi connectivity index (χ4v) is 4.74. The summed E-state index contributed by atoms with van der Waals surface area (Å²) in [6.07, 6.45) is 1.45. The zero-order valence-electron chi connectivity index (χ0n) is 17.9. The van der Waals surface area contributed by atoms with E-state index in [1.165, 1.54) is 60.7 Å². The Morgan fingerprint density at radius 3 is 2.76 bits per heavy atom. The van der Waals surface area contributed by atoms with Crippen LogP contribution in [-0.4, -0.2) is 35.9 Å². The third kappa shape index (κ3) is 5.97. The number of esters is 1. The van der Waals surface area contributed by atoms with Crippen LogP contribution >= 0.6 is 23.1 Å². The molecule has 1 N–H and O–H groups in total. The lowest BCUT2D eigenvalue weighted by Gasteiger charge is -2.10. The standard InChI is InChI=1S/C24H18FN3O4S2/c1-31-20-11-15(9-10-19(20)32-23(30)16-5-4-6-17(25)12-16)13-26-28-22(29)14-33-24-27-18-7-2-3-8-21(18)34-24/h2-13H,14H2,1H3,(H,28,29)/b26-13-. The summed E-state index contributed by atoms with van der Waals surface area (Å²) in [5, 5.41) is 3.96. The van der Waals surface area contributed by atoms with Crippen molar-refractivity contribution in [2.45, 2.75) is 4.34 Å². The highest BCUT2D eigenvalue weighted by Gasteiger charge is 2.13. The molecule has 0 bridgehead atoms. The molecule has 1 aromatic heterocycles. The third-order valence-corrected chi connectivity index (χ3v) is 6.63. The third-order valence-electron chi connectivity index (χ3n) is 4.45. The highest BCUT2D eigenvalue weighted by Crippen LogP contribution is 2.29. The summed E-state index contributed by atoms with van der Waals surface area (Å²) in [5.74, 6) is -0.884. The van der Waals surface area contributed by atoms with Crippen molar-refractivity contribution in [3.8, 4) is 11.5 Å². The molecule has 0 aliphatic rings. The summed E-state index contributed by atoms with van der Waals surface area (Å²) >= 11 is 2.88. The van der Waals surface area contributed by atoms with Crippen molar-refractivity contribution in [3.63, 3.8) is 0 Å². The van der Waals surface area contributed by atoms with Gasteiger partial charge in [0.25, 0.3) is 5.91 Å². The average molecular weight is 496 g/mol. The number of hydrogen-bond acceptors (Lipinski definition) is 8. The number of para-hydroxylation sites is 1. The molecule has 4 aromatic rings. The number of nitrogens with one attached hydrogen (secondary N) is 1. The van der Waals surface area contributed by atoms with Crippen LogP contribution < -0.4 is 14.9 Å². The van der Waals surface area contributed by atoms with Crippen molar-refractivity contribution in [3.05, 3.63) is 83.7 Å². The quantitative estimate of drug-likeness (QED) is 0.123. The summed E-state index contributed by atoms with van der Waals surface area (Å²) in [5.41, 5.74) is 4.08. The largest absolute Gasteiger partial charge is 0.493 e. The lowest BCUT2D eigenvalue weighted by molar-refractivity contribution is -0.118. The van der Waals surface area contributed by atoms with Crippen LogP contribution in [0.1, 0.15) is 15.9 Å². The number of methoxy groups -OCH3 is 1. The first kappa shape index (κ1) is 23.4. The summed E-state index contributed by atoms with van der Waals surface area (Å²) in [6.45, 7) is 0. The molecule has 0 spiro atoms. The van der Waals surface area contributed by atoms with Gasteiger partial charge >= 0.3 is 5.97 Å². The smallest absolute Gasteiger partial charge is 0.343 e. The van der Waals surface area contributed by atoms with E-state index in [2.05, 4.69) is 15.5 Å². The van der Waals surface area contributed by atoms with Crippen molar-refractivity contribution in [2.75, 3.05) is 12.9 Å². The number of fused-ring (bicyclic) bond motifs is 1. The van der Waals surface area contributed by atoms with Crippen LogP contribution in [0.5, 0.6) is 11.5 Å². The van der Waals surface area contributed by atoms with Crippen molar-refractivity contribution < 1.29 is 23.5 Å². The summed E-state index contributed by atoms with van der Waals surface area (Å²) in [7, 11) is 1.43. The zero-order chi connectivity index (χ0) is 23.9. The maximum atomic E-state index is 13.3. The van der Waals surface area contributed by atoms with Crippen molar-refractivity contribution in [1.29, 1.82) is 0 Å². The molecule has 3 aromatic carbocycles. The van der Waals surface area contributed by atoms with Gasteiger partial charge < -0.3 is 9.47 Å². The van der Waals surface area contributed by atoms with E-state index in [1.54, 1.807) is 12.1 Å². The molecule has 172 valence electrons. The van der Waals surface area contributed by atoms with Crippen LogP contribution in [0.4, 0.5) is 4.39 Å². The Morgan fingerprint density at radius 1 is 1.12 bits per heavy atom. The fraction of sp³-hybridized carbons (Fsp3) is 0.0833. The minimum absolute atomic E-state index is 0.0825. The van der Waals surface area contributed by atoms with E-state index >= 15 is 0 Å². The maximum Gasteiger partial charge on any atom is 0.343 e. The molecule has 34 heavy (non-hydrogen) atoms. The van der Waals surface area contributed by atoms with Crippen molar-refractivity contribution >= 4 is 51.4 Å². The van der Waals surface area contributed by atoms with Crippen molar-refractivity contribution in [1.82, 2.24) is 10.4 Å². The van der Waals surface area contributed by atoms with Crippen LogP contribution in [-0.2, 0) is 4.79 Å². The zero-order valence-corrected chi connectivity index (χ0v) is 19.5. The summed E-state index contributed by atoms with van der Waals surface area (Å²) < 4.78 is 25.8. The minimum Gasteiger partial charge on any atom is -0.493 e. The van der Waals surface area contributed by atoms with E-state index in [1.807, 2.05) is 24.3 Å². The number of benzene rings is 3. The predicted octanol–water partition coefficient (Wildman–Crippen LogP) is 4.91. The highest BCUT2D eigenvalue weighted by atomic mass is 32.2. The number of halogens is 1. The van der Waals surface area contributed by atoms with Crippen LogP contribution in [0, 0.1) is 5.82 Å². The monoisotopic (exact) mass is 495 g/mol. The molecule has 0 aliphatic carbocycles. The second-order valence-electron chi connectivity index (χ2n) is 6.84. The molecule has 1 heterocycles. The van der Waals surface area contributed by atoms with E-state index in [0.29, 0.717) is 5.56 Å². The molecular weight excluding hydrogens is 477 g/mol. The van der Waals surface area contributed by atoms with Gasteiger partial charge in [0.1, 0.15) is 5.82 Å². The first-order valence-electron chi connectivity index (χ1n) is 9.98. The molecule has 10 heteroatoms. The van der Waals surface area contributed by atoms with Crippen LogP contribution in [0.15, 0.2) is 76.2 Å². The first-order chi connectivity index (χ1) is 16.5. The van der Waals surface area contributed by atoms with Gasteiger partial charge in [0, 0.05) is 0 Å². The van der Waals surface area contributed by atoms with Gasteiger partial charge in [0.15, 0.2) is 15.8 Å². The lowest BCUT2D eigenvalue weighted by Crippen LogP contribution is -2.19. The minimum atomic E-state index is -0.711. The topological polar surface area (TPSA) is 89.9 Å². The lowest BCUT2D eigenvalue weighted by atomic mass is 10.2.